The van der Waals surface area contributed by atoms with E-state index in [0.717, 1.165) is 42.9 Å². The molecule has 1 atom stereocenters. The Bertz CT molecular complexity index is 421. The summed E-state index contributed by atoms with van der Waals surface area (Å²) < 4.78 is 0. The van der Waals surface area contributed by atoms with E-state index in [1.165, 1.54) is 0 Å². The molecule has 0 fully saturated rings. The molecule has 0 aliphatic rings. The molecular weight excluding hydrogens is 250 g/mol. The number of hydrogen-bond donors (Lipinski definition) is 2. The van der Waals surface area contributed by atoms with Crippen molar-refractivity contribution in [3.8, 4) is 0 Å². The molecule has 0 saturated carbocycles. The van der Waals surface area contributed by atoms with Gasteiger partial charge in [-0.25, -0.2) is 0 Å². The van der Waals surface area contributed by atoms with Crippen LogP contribution >= 0.6 is 0 Å². The van der Waals surface area contributed by atoms with Crippen LogP contribution in [-0.2, 0) is 4.79 Å². The van der Waals surface area contributed by atoms with Crippen molar-refractivity contribution >= 4 is 5.91 Å². The molecule has 1 amide bonds. The van der Waals surface area contributed by atoms with Gasteiger partial charge in [-0.3, -0.25) is 4.79 Å². The van der Waals surface area contributed by atoms with E-state index in [4.69, 9.17) is 5.73 Å². The van der Waals surface area contributed by atoms with Crippen LogP contribution < -0.4 is 11.1 Å². The first-order valence-electron chi connectivity index (χ1n) is 7.32. The first-order chi connectivity index (χ1) is 9.51. The molecule has 1 rings (SSSR count). The molecule has 1 unspecified atom stereocenters. The molecular formula is C16H27N3O. The predicted octanol–water partition coefficient (Wildman–Crippen LogP) is 1.76. The van der Waals surface area contributed by atoms with E-state index in [1.54, 1.807) is 0 Å². The Kier molecular flexibility index (Phi) is 6.68. The number of hydrogen-bond acceptors (Lipinski definition) is 3. The largest absolute Gasteiger partial charge is 0.368 e. The van der Waals surface area contributed by atoms with Crippen molar-refractivity contribution in [1.82, 2.24) is 10.2 Å². The summed E-state index contributed by atoms with van der Waals surface area (Å²) in [6, 6.07) is 5.63. The Labute approximate surface area is 122 Å². The molecule has 0 aliphatic heterocycles. The number of benzene rings is 1. The summed E-state index contributed by atoms with van der Waals surface area (Å²) >= 11 is 0. The number of likely N-dealkylation sites (N-methyl/N-ethyl adjacent to an activating group) is 1. The number of nitrogens with zero attached hydrogens (tertiary/aromatic N) is 1. The molecule has 0 aliphatic carbocycles. The van der Waals surface area contributed by atoms with Crippen LogP contribution in [-0.4, -0.2) is 37.0 Å². The van der Waals surface area contributed by atoms with Gasteiger partial charge >= 0.3 is 0 Å². The van der Waals surface area contributed by atoms with Crippen LogP contribution in [0.3, 0.4) is 0 Å². The standard InChI is InChI=1S/C16H27N3O/c1-5-19(6-2)11-10-18-15(16(17)20)14-12(3)8-7-9-13(14)4/h7-9,15,18H,5-6,10-11H2,1-4H3,(H2,17,20). The van der Waals surface area contributed by atoms with E-state index in [0.29, 0.717) is 0 Å². The molecule has 1 aromatic rings. The minimum Gasteiger partial charge on any atom is -0.368 e. The maximum absolute atomic E-state index is 11.8. The van der Waals surface area contributed by atoms with Crippen molar-refractivity contribution in [3.05, 3.63) is 34.9 Å². The number of nitrogens with one attached hydrogen (secondary N) is 1. The van der Waals surface area contributed by atoms with Crippen molar-refractivity contribution in [1.29, 1.82) is 0 Å². The highest BCUT2D eigenvalue weighted by atomic mass is 16.1. The Hall–Kier alpha value is -1.39. The molecule has 20 heavy (non-hydrogen) atoms. The second-order valence-electron chi connectivity index (χ2n) is 5.12. The van der Waals surface area contributed by atoms with Gasteiger partial charge in [0.25, 0.3) is 0 Å². The third-order valence-electron chi connectivity index (χ3n) is 3.79. The van der Waals surface area contributed by atoms with Gasteiger partial charge in [-0.15, -0.1) is 0 Å². The number of nitrogens with two attached hydrogens (primary N) is 1. The van der Waals surface area contributed by atoms with Gasteiger partial charge in [0.1, 0.15) is 6.04 Å². The number of primary amides is 1. The lowest BCUT2D eigenvalue weighted by Gasteiger charge is -2.23. The maximum atomic E-state index is 11.8. The topological polar surface area (TPSA) is 58.4 Å². The van der Waals surface area contributed by atoms with Crippen molar-refractivity contribution in [3.63, 3.8) is 0 Å². The predicted molar refractivity (Wildman–Crippen MR) is 83.6 cm³/mol. The van der Waals surface area contributed by atoms with E-state index >= 15 is 0 Å². The smallest absolute Gasteiger partial charge is 0.239 e. The highest BCUT2D eigenvalue weighted by Crippen LogP contribution is 2.21. The molecule has 0 heterocycles. The van der Waals surface area contributed by atoms with Gasteiger partial charge < -0.3 is 16.0 Å². The maximum Gasteiger partial charge on any atom is 0.239 e. The third-order valence-corrected chi connectivity index (χ3v) is 3.79. The van der Waals surface area contributed by atoms with E-state index in [1.807, 2.05) is 32.0 Å². The lowest BCUT2D eigenvalue weighted by atomic mass is 9.95. The molecule has 4 nitrogen and oxygen atoms in total. The molecule has 4 heteroatoms. The SMILES string of the molecule is CCN(CC)CCNC(C(N)=O)c1c(C)cccc1C. The van der Waals surface area contributed by atoms with Crippen LogP contribution in [0, 0.1) is 13.8 Å². The minimum absolute atomic E-state index is 0.318. The minimum atomic E-state index is -0.410. The monoisotopic (exact) mass is 277 g/mol. The average Bonchev–Trinajstić information content (AvgIpc) is 2.41. The van der Waals surface area contributed by atoms with Crippen molar-refractivity contribution in [2.75, 3.05) is 26.2 Å². The van der Waals surface area contributed by atoms with Gasteiger partial charge in [-0.05, 0) is 43.6 Å². The Morgan fingerprint density at radius 1 is 1.25 bits per heavy atom. The molecule has 0 bridgehead atoms. The van der Waals surface area contributed by atoms with Crippen LogP contribution in [0.4, 0.5) is 0 Å². The van der Waals surface area contributed by atoms with Crippen molar-refractivity contribution < 1.29 is 4.79 Å². The average molecular weight is 277 g/mol. The summed E-state index contributed by atoms with van der Waals surface area (Å²) in [5, 5.41) is 3.30. The molecule has 1 aromatic carbocycles. The van der Waals surface area contributed by atoms with Gasteiger partial charge in [0.15, 0.2) is 0 Å². The Balaban J connectivity index is 2.78. The zero-order chi connectivity index (χ0) is 15.1. The van der Waals surface area contributed by atoms with Crippen LogP contribution in [0.1, 0.15) is 36.6 Å². The first kappa shape index (κ1) is 16.7. The van der Waals surface area contributed by atoms with Gasteiger partial charge in [0, 0.05) is 13.1 Å². The fraction of sp³-hybridized carbons (Fsp3) is 0.562. The number of amides is 1. The zero-order valence-corrected chi connectivity index (χ0v) is 13.1. The number of rotatable bonds is 8. The van der Waals surface area contributed by atoms with E-state index in [9.17, 15) is 4.79 Å². The molecule has 3 N–H and O–H groups in total. The summed E-state index contributed by atoms with van der Waals surface area (Å²) in [6.45, 7) is 12.0. The number of aryl methyl sites for hydroxylation is 2. The van der Waals surface area contributed by atoms with E-state index < -0.39 is 6.04 Å². The summed E-state index contributed by atoms with van der Waals surface area (Å²) in [5.41, 5.74) is 8.79. The molecule has 0 radical (unpaired) electrons. The highest BCUT2D eigenvalue weighted by molar-refractivity contribution is 5.82. The quantitative estimate of drug-likeness (QED) is 0.761. The summed E-state index contributed by atoms with van der Waals surface area (Å²) in [5.74, 6) is -0.318. The van der Waals surface area contributed by atoms with Crippen molar-refractivity contribution in [2.45, 2.75) is 33.7 Å². The fourth-order valence-electron chi connectivity index (χ4n) is 2.53. The second-order valence-corrected chi connectivity index (χ2v) is 5.12. The normalized spacial score (nSPS) is 12.7. The fourth-order valence-corrected chi connectivity index (χ4v) is 2.53. The van der Waals surface area contributed by atoms with E-state index in [2.05, 4.69) is 24.1 Å². The molecule has 0 spiro atoms. The van der Waals surface area contributed by atoms with Gasteiger partial charge in [0.2, 0.25) is 5.91 Å². The second kappa shape index (κ2) is 8.02. The number of carbonyl (C=O) groups excluding carboxylic acids is 1. The zero-order valence-electron chi connectivity index (χ0n) is 13.1. The van der Waals surface area contributed by atoms with E-state index in [-0.39, 0.29) is 5.91 Å². The van der Waals surface area contributed by atoms with Gasteiger partial charge in [0.05, 0.1) is 0 Å². The van der Waals surface area contributed by atoms with Crippen LogP contribution in [0.25, 0.3) is 0 Å². The summed E-state index contributed by atoms with van der Waals surface area (Å²) in [7, 11) is 0. The Morgan fingerprint density at radius 3 is 2.25 bits per heavy atom. The number of carbonyl (C=O) groups is 1. The molecule has 0 aromatic heterocycles. The van der Waals surface area contributed by atoms with Crippen LogP contribution in [0.2, 0.25) is 0 Å². The molecule has 0 saturated heterocycles. The Morgan fingerprint density at radius 2 is 1.80 bits per heavy atom. The van der Waals surface area contributed by atoms with Gasteiger partial charge in [-0.2, -0.15) is 0 Å². The summed E-state index contributed by atoms with van der Waals surface area (Å²) in [6.07, 6.45) is 0. The third kappa shape index (κ3) is 4.32. The molecule has 112 valence electrons. The highest BCUT2D eigenvalue weighted by Gasteiger charge is 2.20. The van der Waals surface area contributed by atoms with Crippen molar-refractivity contribution in [2.24, 2.45) is 5.73 Å². The lowest BCUT2D eigenvalue weighted by molar-refractivity contribution is -0.120. The van der Waals surface area contributed by atoms with Crippen LogP contribution in [0.15, 0.2) is 18.2 Å². The lowest BCUT2D eigenvalue weighted by Crippen LogP contribution is -2.39. The first-order valence-corrected chi connectivity index (χ1v) is 7.32. The van der Waals surface area contributed by atoms with Crippen LogP contribution in [0.5, 0.6) is 0 Å². The van der Waals surface area contributed by atoms with Gasteiger partial charge in [-0.1, -0.05) is 32.0 Å². The summed E-state index contributed by atoms with van der Waals surface area (Å²) in [4.78, 5) is 14.1.